The number of carboxylic acid groups (broad SMARTS) is 1. The Balaban J connectivity index is 1.80. The second-order valence-corrected chi connectivity index (χ2v) is 7.37. The molecule has 144 valence electrons. The number of hydrogen-bond acceptors (Lipinski definition) is 3. The Labute approximate surface area is 169 Å². The molecular formula is C23H15F2NO2S. The minimum Gasteiger partial charge on any atom is -0.478 e. The Bertz CT molecular complexity index is 1210. The van der Waals surface area contributed by atoms with Crippen LogP contribution in [-0.2, 0) is 0 Å². The summed E-state index contributed by atoms with van der Waals surface area (Å²) in [6.45, 7) is 1.92. The van der Waals surface area contributed by atoms with E-state index in [9.17, 15) is 18.7 Å². The monoisotopic (exact) mass is 407 g/mol. The summed E-state index contributed by atoms with van der Waals surface area (Å²) >= 11 is 1.20. The normalized spacial score (nSPS) is 10.9. The van der Waals surface area contributed by atoms with E-state index >= 15 is 0 Å². The average Bonchev–Trinajstić information content (AvgIpc) is 3.17. The van der Waals surface area contributed by atoms with Gasteiger partial charge in [-0.1, -0.05) is 42.5 Å². The second kappa shape index (κ2) is 7.56. The molecule has 0 amide bonds. The molecular weight excluding hydrogens is 392 g/mol. The van der Waals surface area contributed by atoms with Crippen molar-refractivity contribution in [2.24, 2.45) is 0 Å². The lowest BCUT2D eigenvalue weighted by molar-refractivity contribution is 0.0698. The lowest BCUT2D eigenvalue weighted by Crippen LogP contribution is -2.01. The van der Waals surface area contributed by atoms with Crippen LogP contribution < -0.4 is 0 Å². The molecule has 3 nitrogen and oxygen atoms in total. The van der Waals surface area contributed by atoms with Gasteiger partial charge < -0.3 is 5.11 Å². The van der Waals surface area contributed by atoms with Crippen LogP contribution in [0.5, 0.6) is 0 Å². The molecule has 0 radical (unpaired) electrons. The van der Waals surface area contributed by atoms with E-state index in [1.54, 1.807) is 23.6 Å². The quantitative estimate of drug-likeness (QED) is 0.424. The van der Waals surface area contributed by atoms with Gasteiger partial charge >= 0.3 is 5.97 Å². The molecule has 1 N–H and O–H groups in total. The lowest BCUT2D eigenvalue weighted by Gasteiger charge is -2.10. The Morgan fingerprint density at radius 1 is 0.966 bits per heavy atom. The predicted molar refractivity (Wildman–Crippen MR) is 110 cm³/mol. The van der Waals surface area contributed by atoms with Crippen molar-refractivity contribution in [2.45, 2.75) is 6.92 Å². The maximum atomic E-state index is 14.0. The van der Waals surface area contributed by atoms with Crippen molar-refractivity contribution in [3.05, 3.63) is 88.8 Å². The van der Waals surface area contributed by atoms with Gasteiger partial charge in [0.2, 0.25) is 0 Å². The first-order valence-corrected chi connectivity index (χ1v) is 9.67. The molecule has 0 atom stereocenters. The first-order chi connectivity index (χ1) is 14.0. The zero-order chi connectivity index (χ0) is 20.5. The summed E-state index contributed by atoms with van der Waals surface area (Å²) in [6, 6.07) is 16.3. The average molecular weight is 407 g/mol. The van der Waals surface area contributed by atoms with E-state index < -0.39 is 17.6 Å². The van der Waals surface area contributed by atoms with Crippen molar-refractivity contribution in [2.75, 3.05) is 0 Å². The van der Waals surface area contributed by atoms with Crippen LogP contribution in [0.25, 0.3) is 33.0 Å². The van der Waals surface area contributed by atoms with Gasteiger partial charge in [0.25, 0.3) is 0 Å². The van der Waals surface area contributed by atoms with Gasteiger partial charge in [-0.3, -0.25) is 0 Å². The number of hydrogen-bond donors (Lipinski definition) is 1. The molecule has 1 aromatic heterocycles. The summed E-state index contributed by atoms with van der Waals surface area (Å²) in [4.78, 5) is 16.2. The number of carbonyl (C=O) groups is 1. The molecule has 3 aromatic carbocycles. The summed E-state index contributed by atoms with van der Waals surface area (Å²) in [5, 5.41) is 11.8. The molecule has 0 bridgehead atoms. The van der Waals surface area contributed by atoms with Crippen LogP contribution >= 0.6 is 11.3 Å². The van der Waals surface area contributed by atoms with E-state index in [0.29, 0.717) is 16.1 Å². The Morgan fingerprint density at radius 3 is 2.38 bits per heavy atom. The first kappa shape index (κ1) is 19.0. The van der Waals surface area contributed by atoms with Crippen LogP contribution in [-0.4, -0.2) is 16.1 Å². The first-order valence-electron chi connectivity index (χ1n) is 8.79. The molecule has 1 heterocycles. The van der Waals surface area contributed by atoms with Crippen molar-refractivity contribution >= 4 is 17.3 Å². The van der Waals surface area contributed by atoms with Crippen molar-refractivity contribution in [1.29, 1.82) is 0 Å². The van der Waals surface area contributed by atoms with E-state index in [2.05, 4.69) is 4.98 Å². The molecule has 4 rings (SSSR count). The lowest BCUT2D eigenvalue weighted by atomic mass is 9.94. The molecule has 0 saturated heterocycles. The highest BCUT2D eigenvalue weighted by molar-refractivity contribution is 7.13. The van der Waals surface area contributed by atoms with Crippen LogP contribution in [0, 0.1) is 18.6 Å². The van der Waals surface area contributed by atoms with Gasteiger partial charge in [-0.15, -0.1) is 11.3 Å². The van der Waals surface area contributed by atoms with Gasteiger partial charge in [0.15, 0.2) is 0 Å². The fourth-order valence-corrected chi connectivity index (χ4v) is 4.04. The smallest absolute Gasteiger partial charge is 0.336 e. The zero-order valence-corrected chi connectivity index (χ0v) is 16.1. The minimum atomic E-state index is -1.05. The molecule has 0 aliphatic carbocycles. The number of aromatic carboxylic acids is 1. The fraction of sp³-hybridized carbons (Fsp3) is 0.0435. The molecule has 0 aliphatic rings. The highest BCUT2D eigenvalue weighted by Gasteiger charge is 2.18. The van der Waals surface area contributed by atoms with Crippen LogP contribution in [0.2, 0.25) is 0 Å². The van der Waals surface area contributed by atoms with Crippen molar-refractivity contribution < 1.29 is 18.7 Å². The second-order valence-electron chi connectivity index (χ2n) is 6.51. The molecule has 29 heavy (non-hydrogen) atoms. The highest BCUT2D eigenvalue weighted by atomic mass is 32.1. The number of thiazole rings is 1. The molecule has 0 spiro atoms. The fourth-order valence-electron chi connectivity index (χ4n) is 3.23. The van der Waals surface area contributed by atoms with Gasteiger partial charge in [0, 0.05) is 10.9 Å². The zero-order valence-electron chi connectivity index (χ0n) is 15.3. The van der Waals surface area contributed by atoms with Gasteiger partial charge in [-0.2, -0.15) is 0 Å². The summed E-state index contributed by atoms with van der Waals surface area (Å²) in [7, 11) is 0. The SMILES string of the molecule is Cc1ccccc1-c1ccc(-c2nc(-c3c(F)cccc3F)cs2)cc1C(=O)O. The van der Waals surface area contributed by atoms with Crippen molar-refractivity contribution in [3.63, 3.8) is 0 Å². The number of rotatable bonds is 4. The Kier molecular flexibility index (Phi) is 4.94. The predicted octanol–water partition coefficient (Wildman–Crippen LogP) is 6.43. The standard InChI is InChI=1S/C23H15F2NO2S/c1-13-5-2-3-6-15(13)16-10-9-14(11-17(16)23(27)28)22-26-20(12-29-22)21-18(24)7-4-8-19(21)25/h2-12H,1H3,(H,27,28). The molecule has 0 fully saturated rings. The van der Waals surface area contributed by atoms with Crippen LogP contribution in [0.1, 0.15) is 15.9 Å². The van der Waals surface area contributed by atoms with Gasteiger partial charge in [-0.25, -0.2) is 18.6 Å². The van der Waals surface area contributed by atoms with Crippen molar-refractivity contribution in [3.8, 4) is 33.0 Å². The topological polar surface area (TPSA) is 50.2 Å². The summed E-state index contributed by atoms with van der Waals surface area (Å²) in [5.41, 5.74) is 3.12. The Hall–Kier alpha value is -3.38. The van der Waals surface area contributed by atoms with Crippen LogP contribution in [0.3, 0.4) is 0 Å². The van der Waals surface area contributed by atoms with E-state index in [1.165, 1.54) is 29.5 Å². The van der Waals surface area contributed by atoms with Crippen LogP contribution in [0.4, 0.5) is 8.78 Å². The van der Waals surface area contributed by atoms with E-state index in [-0.39, 0.29) is 16.8 Å². The van der Waals surface area contributed by atoms with E-state index in [0.717, 1.165) is 11.1 Å². The number of aryl methyl sites for hydroxylation is 1. The maximum Gasteiger partial charge on any atom is 0.336 e. The number of benzene rings is 3. The van der Waals surface area contributed by atoms with Gasteiger partial charge in [0.1, 0.15) is 16.6 Å². The third-order valence-electron chi connectivity index (χ3n) is 4.66. The number of carboxylic acids is 1. The van der Waals surface area contributed by atoms with E-state index in [4.69, 9.17) is 0 Å². The molecule has 0 aliphatic heterocycles. The number of halogens is 2. The molecule has 4 aromatic rings. The summed E-state index contributed by atoms with van der Waals surface area (Å²) in [6.07, 6.45) is 0. The van der Waals surface area contributed by atoms with Crippen LogP contribution in [0.15, 0.2) is 66.0 Å². The molecule has 6 heteroatoms. The maximum absolute atomic E-state index is 14.0. The summed E-state index contributed by atoms with van der Waals surface area (Å²) in [5.74, 6) is -2.44. The van der Waals surface area contributed by atoms with Gasteiger partial charge in [0.05, 0.1) is 16.8 Å². The highest BCUT2D eigenvalue weighted by Crippen LogP contribution is 2.35. The number of aromatic nitrogens is 1. The van der Waals surface area contributed by atoms with Gasteiger partial charge in [-0.05, 0) is 41.8 Å². The minimum absolute atomic E-state index is 0.144. The number of nitrogens with zero attached hydrogens (tertiary/aromatic N) is 1. The third kappa shape index (κ3) is 3.54. The van der Waals surface area contributed by atoms with E-state index in [1.807, 2.05) is 31.2 Å². The Morgan fingerprint density at radius 2 is 1.69 bits per heavy atom. The van der Waals surface area contributed by atoms with Crippen molar-refractivity contribution in [1.82, 2.24) is 4.98 Å². The molecule has 0 saturated carbocycles. The molecule has 0 unspecified atom stereocenters. The summed E-state index contributed by atoms with van der Waals surface area (Å²) < 4.78 is 28.1. The largest absolute Gasteiger partial charge is 0.478 e. The third-order valence-corrected chi connectivity index (χ3v) is 5.55.